The van der Waals surface area contributed by atoms with Crippen molar-refractivity contribution in [2.45, 2.75) is 0 Å². The Hall–Kier alpha value is -2.25. The number of hydrogen-bond acceptors (Lipinski definition) is 3. The fourth-order valence-corrected chi connectivity index (χ4v) is 1.31. The van der Waals surface area contributed by atoms with Crippen molar-refractivity contribution in [2.24, 2.45) is 4.99 Å². The molecule has 3 nitrogen and oxygen atoms in total. The van der Waals surface area contributed by atoms with E-state index in [1.807, 2.05) is 0 Å². The molecule has 1 aromatic carbocycles. The normalized spacial score (nSPS) is 13.2. The Morgan fingerprint density at radius 1 is 1.33 bits per heavy atom. The molecule has 0 aromatic heterocycles. The van der Waals surface area contributed by atoms with Crippen molar-refractivity contribution >= 4 is 17.7 Å². The Morgan fingerprint density at radius 2 is 2.13 bits per heavy atom. The van der Waals surface area contributed by atoms with E-state index in [1.54, 1.807) is 36.4 Å². The Morgan fingerprint density at radius 3 is 2.80 bits per heavy atom. The Balaban J connectivity index is 2.37. The first-order valence-corrected chi connectivity index (χ1v) is 4.50. The fraction of sp³-hybridized carbons (Fsp3) is 0. The van der Waals surface area contributed by atoms with Crippen molar-refractivity contribution in [3.63, 3.8) is 0 Å². The summed E-state index contributed by atoms with van der Waals surface area (Å²) < 4.78 is 0. The van der Waals surface area contributed by atoms with Crippen molar-refractivity contribution in [1.82, 2.24) is 0 Å². The van der Waals surface area contributed by atoms with Crippen LogP contribution in [-0.2, 0) is 0 Å². The molecule has 3 heteroatoms. The van der Waals surface area contributed by atoms with E-state index in [0.29, 0.717) is 16.8 Å². The zero-order valence-electron chi connectivity index (χ0n) is 7.97. The number of aliphatic imine (C=N–C) groups is 1. The molecule has 2 rings (SSSR count). The highest BCUT2D eigenvalue weighted by molar-refractivity contribution is 6.14. The lowest BCUT2D eigenvalue weighted by atomic mass is 10.0. The second kappa shape index (κ2) is 3.86. The minimum Gasteiger partial charge on any atom is -0.398 e. The van der Waals surface area contributed by atoms with E-state index in [1.165, 1.54) is 6.20 Å². The molecule has 72 valence electrons. The van der Waals surface area contributed by atoms with Crippen LogP contribution in [-0.4, -0.2) is 12.0 Å². The highest BCUT2D eigenvalue weighted by atomic mass is 16.1. The van der Waals surface area contributed by atoms with Gasteiger partial charge in [-0.25, -0.2) is 0 Å². The number of nitrogens with two attached hydrogens (primary N) is 1. The number of carbonyl (C=O) groups excluding carboxylic acids is 1. The summed E-state index contributed by atoms with van der Waals surface area (Å²) in [5, 5.41) is 0. The second-order valence-corrected chi connectivity index (χ2v) is 3.09. The maximum atomic E-state index is 11.9. The molecule has 1 aliphatic rings. The van der Waals surface area contributed by atoms with E-state index in [9.17, 15) is 4.79 Å². The number of para-hydroxylation sites is 1. The molecule has 0 saturated heterocycles. The number of nitrogens with zero attached hydrogens (tertiary/aromatic N) is 1. The lowest BCUT2D eigenvalue weighted by Crippen LogP contribution is -2.06. The molecular weight excluding hydrogens is 188 g/mol. The summed E-state index contributed by atoms with van der Waals surface area (Å²) in [7, 11) is 0. The topological polar surface area (TPSA) is 55.5 Å². The summed E-state index contributed by atoms with van der Waals surface area (Å²) in [5.74, 6) is -0.116. The first kappa shape index (κ1) is 9.31. The van der Waals surface area contributed by atoms with Crippen molar-refractivity contribution in [3.8, 4) is 0 Å². The van der Waals surface area contributed by atoms with Crippen molar-refractivity contribution in [2.75, 3.05) is 5.73 Å². The number of benzene rings is 1. The molecule has 0 aliphatic carbocycles. The number of anilines is 1. The molecule has 2 N–H and O–H groups in total. The van der Waals surface area contributed by atoms with Crippen molar-refractivity contribution in [3.05, 3.63) is 53.8 Å². The van der Waals surface area contributed by atoms with Gasteiger partial charge >= 0.3 is 0 Å². The van der Waals surface area contributed by atoms with Crippen LogP contribution in [0.2, 0.25) is 0 Å². The smallest absolute Gasteiger partial charge is 0.223 e. The van der Waals surface area contributed by atoms with Gasteiger partial charge in [0.25, 0.3) is 0 Å². The third-order valence-corrected chi connectivity index (χ3v) is 2.08. The number of hydrogen-bond donors (Lipinski definition) is 1. The Kier molecular flexibility index (Phi) is 2.40. The van der Waals surface area contributed by atoms with Crippen LogP contribution in [0.15, 0.2) is 53.2 Å². The molecule has 0 bridgehead atoms. The van der Waals surface area contributed by atoms with Crippen LogP contribution in [0.1, 0.15) is 10.4 Å². The fourth-order valence-electron chi connectivity index (χ4n) is 1.31. The molecule has 0 amide bonds. The molecule has 0 radical (unpaired) electrons. The standard InChI is InChI=1S/C12H8N2O/c13-11-6-2-1-5-10(11)12(15)9-4-3-7-14-8-9/h1-6,8H,(H-,13,15)/p+1. The van der Waals surface area contributed by atoms with Gasteiger partial charge < -0.3 is 5.73 Å². The average Bonchev–Trinajstić information content (AvgIpc) is 2.30. The first-order valence-electron chi connectivity index (χ1n) is 4.50. The predicted molar refractivity (Wildman–Crippen MR) is 59.8 cm³/mol. The molecule has 0 spiro atoms. The monoisotopic (exact) mass is 197 g/mol. The van der Waals surface area contributed by atoms with Gasteiger partial charge in [0, 0.05) is 11.3 Å². The molecule has 0 unspecified atom stereocenters. The van der Waals surface area contributed by atoms with E-state index < -0.39 is 0 Å². The third kappa shape index (κ3) is 1.82. The number of nitrogen functional groups attached to an aromatic ring is 1. The number of rotatable bonds is 2. The Bertz CT molecular complexity index is 484. The second-order valence-electron chi connectivity index (χ2n) is 3.09. The number of ketones is 1. The maximum Gasteiger partial charge on any atom is 0.223 e. The van der Waals surface area contributed by atoms with E-state index in [4.69, 9.17) is 5.73 Å². The van der Waals surface area contributed by atoms with Crippen LogP contribution in [0.4, 0.5) is 5.69 Å². The van der Waals surface area contributed by atoms with Crippen LogP contribution in [0.25, 0.3) is 0 Å². The van der Waals surface area contributed by atoms with Crippen LogP contribution in [0.5, 0.6) is 0 Å². The minimum atomic E-state index is -0.116. The van der Waals surface area contributed by atoms with Crippen LogP contribution in [0, 0.1) is 0 Å². The molecule has 15 heavy (non-hydrogen) atoms. The molecule has 1 heterocycles. The van der Waals surface area contributed by atoms with Gasteiger partial charge in [-0.1, -0.05) is 17.1 Å². The summed E-state index contributed by atoms with van der Waals surface area (Å²) in [5.41, 5.74) is 7.22. The van der Waals surface area contributed by atoms with Gasteiger partial charge in [0.2, 0.25) is 5.78 Å². The van der Waals surface area contributed by atoms with E-state index in [2.05, 4.69) is 11.2 Å². The van der Waals surface area contributed by atoms with Gasteiger partial charge in [-0.3, -0.25) is 4.79 Å². The molecular formula is C12H9N2O+. The number of Topliss-reactive ketones (excluding diaryl/α,β-unsaturated/α-hetero) is 1. The molecule has 1 aromatic rings. The SMILES string of the molecule is Nc1ccccc1C(=O)C1=CN=[C+]C=C1. The minimum absolute atomic E-state index is 0.116. The lowest BCUT2D eigenvalue weighted by molar-refractivity contribution is 0.103. The summed E-state index contributed by atoms with van der Waals surface area (Å²) in [6.07, 6.45) is 7.37. The maximum absolute atomic E-state index is 11.9. The molecule has 0 fully saturated rings. The zero-order valence-corrected chi connectivity index (χ0v) is 7.97. The zero-order chi connectivity index (χ0) is 10.7. The van der Waals surface area contributed by atoms with Crippen LogP contribution >= 0.6 is 0 Å². The lowest BCUT2D eigenvalue weighted by Gasteiger charge is -2.01. The van der Waals surface area contributed by atoms with Crippen LogP contribution in [0.3, 0.4) is 0 Å². The van der Waals surface area contributed by atoms with E-state index >= 15 is 0 Å². The quantitative estimate of drug-likeness (QED) is 0.447. The third-order valence-electron chi connectivity index (χ3n) is 2.08. The van der Waals surface area contributed by atoms with Crippen LogP contribution < -0.4 is 5.73 Å². The van der Waals surface area contributed by atoms with Gasteiger partial charge in [-0.05, 0) is 12.1 Å². The van der Waals surface area contributed by atoms with Crippen molar-refractivity contribution < 1.29 is 4.79 Å². The number of carbonyl (C=O) groups is 1. The number of allylic oxidation sites excluding steroid dienone is 3. The van der Waals surface area contributed by atoms with Crippen molar-refractivity contribution in [1.29, 1.82) is 0 Å². The van der Waals surface area contributed by atoms with Gasteiger partial charge in [0.05, 0.1) is 6.08 Å². The molecule has 0 saturated carbocycles. The van der Waals surface area contributed by atoms with E-state index in [-0.39, 0.29) is 5.78 Å². The first-order chi connectivity index (χ1) is 7.29. The molecule has 1 aliphatic heterocycles. The highest BCUT2D eigenvalue weighted by Gasteiger charge is 2.17. The molecule has 0 atom stereocenters. The van der Waals surface area contributed by atoms with Gasteiger partial charge in [-0.2, -0.15) is 0 Å². The summed E-state index contributed by atoms with van der Waals surface area (Å²) >= 11 is 0. The average molecular weight is 197 g/mol. The largest absolute Gasteiger partial charge is 0.398 e. The summed E-state index contributed by atoms with van der Waals surface area (Å²) in [6.45, 7) is 0. The van der Waals surface area contributed by atoms with Gasteiger partial charge in [-0.15, -0.1) is 0 Å². The summed E-state index contributed by atoms with van der Waals surface area (Å²) in [4.78, 5) is 15.7. The summed E-state index contributed by atoms with van der Waals surface area (Å²) in [6, 6.07) is 6.99. The highest BCUT2D eigenvalue weighted by Crippen LogP contribution is 2.17. The van der Waals surface area contributed by atoms with Gasteiger partial charge in [0.1, 0.15) is 6.08 Å². The van der Waals surface area contributed by atoms with Gasteiger partial charge in [0.15, 0.2) is 18.0 Å². The predicted octanol–water partition coefficient (Wildman–Crippen LogP) is 1.85. The van der Waals surface area contributed by atoms with E-state index in [0.717, 1.165) is 0 Å². The Labute approximate surface area is 87.6 Å².